The van der Waals surface area contributed by atoms with Crippen LogP contribution in [0.2, 0.25) is 0 Å². The van der Waals surface area contributed by atoms with Gasteiger partial charge in [0.2, 0.25) is 11.8 Å². The number of carbonyl (C=O) groups excluding carboxylic acids is 2. The standard InChI is InChI=1S/C15H25F2N3O2S/c1-3-11(2)14(21)20-10-23-9-12(20)15(22)19-6-4-18(5-7-19)8-13(16)17/h11-13H,3-10H2,1-2H3/t11-,12+/m1/s1. The van der Waals surface area contributed by atoms with Gasteiger partial charge in [-0.2, -0.15) is 0 Å². The Bertz CT molecular complexity index is 431. The number of nitrogens with zero attached hydrogens (tertiary/aromatic N) is 3. The molecule has 2 heterocycles. The SMILES string of the molecule is CC[C@@H](C)C(=O)N1CSC[C@H]1C(=O)N1CCN(CC(F)F)CC1. The number of alkyl halides is 2. The molecule has 23 heavy (non-hydrogen) atoms. The summed E-state index contributed by atoms with van der Waals surface area (Å²) in [4.78, 5) is 30.2. The number of hydrogen-bond acceptors (Lipinski definition) is 4. The molecule has 2 amide bonds. The highest BCUT2D eigenvalue weighted by Crippen LogP contribution is 2.25. The van der Waals surface area contributed by atoms with E-state index in [1.807, 2.05) is 13.8 Å². The van der Waals surface area contributed by atoms with E-state index >= 15 is 0 Å². The lowest BCUT2D eigenvalue weighted by Gasteiger charge is -2.37. The van der Waals surface area contributed by atoms with Crippen molar-refractivity contribution in [1.82, 2.24) is 14.7 Å². The molecule has 0 radical (unpaired) electrons. The number of rotatable bonds is 5. The van der Waals surface area contributed by atoms with Crippen LogP contribution in [0.4, 0.5) is 8.78 Å². The summed E-state index contributed by atoms with van der Waals surface area (Å²) in [6.07, 6.45) is -1.58. The van der Waals surface area contributed by atoms with Gasteiger partial charge < -0.3 is 9.80 Å². The second-order valence-electron chi connectivity index (χ2n) is 6.15. The largest absolute Gasteiger partial charge is 0.338 e. The summed E-state index contributed by atoms with van der Waals surface area (Å²) < 4.78 is 24.8. The average Bonchev–Trinajstić information content (AvgIpc) is 3.02. The predicted octanol–water partition coefficient (Wildman–Crippen LogP) is 1.34. The van der Waals surface area contributed by atoms with Gasteiger partial charge in [-0.15, -0.1) is 11.8 Å². The van der Waals surface area contributed by atoms with Crippen molar-refractivity contribution < 1.29 is 18.4 Å². The fourth-order valence-electron chi connectivity index (χ4n) is 2.88. The van der Waals surface area contributed by atoms with Gasteiger partial charge in [-0.3, -0.25) is 14.5 Å². The topological polar surface area (TPSA) is 43.9 Å². The fourth-order valence-corrected chi connectivity index (χ4v) is 4.03. The van der Waals surface area contributed by atoms with E-state index in [9.17, 15) is 18.4 Å². The van der Waals surface area contributed by atoms with Crippen LogP contribution in [0.3, 0.4) is 0 Å². The van der Waals surface area contributed by atoms with E-state index in [4.69, 9.17) is 0 Å². The number of piperazine rings is 1. The maximum Gasteiger partial charge on any atom is 0.251 e. The molecule has 0 bridgehead atoms. The third-order valence-electron chi connectivity index (χ3n) is 4.56. The zero-order chi connectivity index (χ0) is 17.0. The molecule has 2 aliphatic rings. The van der Waals surface area contributed by atoms with Crippen molar-refractivity contribution in [3.63, 3.8) is 0 Å². The molecule has 2 rings (SSSR count). The van der Waals surface area contributed by atoms with Crippen LogP contribution < -0.4 is 0 Å². The third-order valence-corrected chi connectivity index (χ3v) is 5.58. The lowest BCUT2D eigenvalue weighted by molar-refractivity contribution is -0.146. The van der Waals surface area contributed by atoms with Crippen LogP contribution in [0, 0.1) is 5.92 Å². The Hall–Kier alpha value is -0.890. The van der Waals surface area contributed by atoms with Gasteiger partial charge in [-0.25, -0.2) is 8.78 Å². The van der Waals surface area contributed by atoms with Crippen LogP contribution >= 0.6 is 11.8 Å². The number of hydrogen-bond donors (Lipinski definition) is 0. The Labute approximate surface area is 140 Å². The van der Waals surface area contributed by atoms with Crippen LogP contribution in [0.25, 0.3) is 0 Å². The minimum absolute atomic E-state index is 0.0344. The molecule has 2 atom stereocenters. The summed E-state index contributed by atoms with van der Waals surface area (Å²) in [5, 5.41) is 0. The molecule has 2 fully saturated rings. The van der Waals surface area contributed by atoms with Crippen molar-refractivity contribution in [1.29, 1.82) is 0 Å². The lowest BCUT2D eigenvalue weighted by atomic mass is 10.1. The zero-order valence-electron chi connectivity index (χ0n) is 13.7. The van der Waals surface area contributed by atoms with E-state index in [0.29, 0.717) is 37.8 Å². The molecule has 132 valence electrons. The van der Waals surface area contributed by atoms with Crippen LogP contribution in [0.1, 0.15) is 20.3 Å². The molecular formula is C15H25F2N3O2S. The first-order valence-corrected chi connectivity index (χ1v) is 9.27. The third kappa shape index (κ3) is 4.56. The maximum absolute atomic E-state index is 12.7. The smallest absolute Gasteiger partial charge is 0.251 e. The predicted molar refractivity (Wildman–Crippen MR) is 86.4 cm³/mol. The first-order valence-electron chi connectivity index (χ1n) is 8.11. The molecule has 0 aromatic heterocycles. The zero-order valence-corrected chi connectivity index (χ0v) is 14.5. The van der Waals surface area contributed by atoms with Crippen molar-refractivity contribution in [2.75, 3.05) is 44.4 Å². The molecule has 0 aliphatic carbocycles. The summed E-state index contributed by atoms with van der Waals surface area (Å²) >= 11 is 1.60. The number of carbonyl (C=O) groups is 2. The van der Waals surface area contributed by atoms with Crippen molar-refractivity contribution in [3.8, 4) is 0 Å². The summed E-state index contributed by atoms with van der Waals surface area (Å²) in [5.74, 6) is 1.10. The second kappa shape index (κ2) is 8.28. The van der Waals surface area contributed by atoms with E-state index in [-0.39, 0.29) is 24.3 Å². The molecule has 0 saturated carbocycles. The molecule has 0 unspecified atom stereocenters. The highest BCUT2D eigenvalue weighted by Gasteiger charge is 2.38. The van der Waals surface area contributed by atoms with Gasteiger partial charge in [0.25, 0.3) is 6.43 Å². The van der Waals surface area contributed by atoms with Crippen LogP contribution in [-0.4, -0.2) is 83.3 Å². The second-order valence-corrected chi connectivity index (χ2v) is 7.15. The van der Waals surface area contributed by atoms with Gasteiger partial charge in [0.1, 0.15) is 6.04 Å². The highest BCUT2D eigenvalue weighted by atomic mass is 32.2. The molecular weight excluding hydrogens is 324 g/mol. The molecule has 2 aliphatic heterocycles. The quantitative estimate of drug-likeness (QED) is 0.751. The van der Waals surface area contributed by atoms with Crippen molar-refractivity contribution in [3.05, 3.63) is 0 Å². The van der Waals surface area contributed by atoms with Gasteiger partial charge >= 0.3 is 0 Å². The van der Waals surface area contributed by atoms with E-state index in [1.165, 1.54) is 0 Å². The number of thioether (sulfide) groups is 1. The van der Waals surface area contributed by atoms with Gasteiger partial charge in [0.05, 0.1) is 12.4 Å². The summed E-state index contributed by atoms with van der Waals surface area (Å²) in [7, 11) is 0. The first kappa shape index (κ1) is 18.4. The van der Waals surface area contributed by atoms with Crippen molar-refractivity contribution in [2.45, 2.75) is 32.7 Å². The molecule has 5 nitrogen and oxygen atoms in total. The van der Waals surface area contributed by atoms with Crippen LogP contribution in [0.5, 0.6) is 0 Å². The maximum atomic E-state index is 12.7. The average molecular weight is 349 g/mol. The monoisotopic (exact) mass is 349 g/mol. The molecule has 2 saturated heterocycles. The van der Waals surface area contributed by atoms with Crippen molar-refractivity contribution >= 4 is 23.6 Å². The van der Waals surface area contributed by atoms with Crippen molar-refractivity contribution in [2.24, 2.45) is 5.92 Å². The summed E-state index contributed by atoms with van der Waals surface area (Å²) in [6.45, 7) is 5.46. The summed E-state index contributed by atoms with van der Waals surface area (Å²) in [5.41, 5.74) is 0. The van der Waals surface area contributed by atoms with Gasteiger partial charge in [0.15, 0.2) is 0 Å². The fraction of sp³-hybridized carbons (Fsp3) is 0.867. The Morgan fingerprint density at radius 3 is 2.43 bits per heavy atom. The van der Waals surface area contributed by atoms with E-state index in [0.717, 1.165) is 6.42 Å². The Morgan fingerprint density at radius 2 is 1.87 bits per heavy atom. The molecule has 8 heteroatoms. The molecule has 0 N–H and O–H groups in total. The molecule has 0 spiro atoms. The van der Waals surface area contributed by atoms with Gasteiger partial charge in [-0.1, -0.05) is 13.8 Å². The minimum atomic E-state index is -2.34. The van der Waals surface area contributed by atoms with Crippen LogP contribution in [0.15, 0.2) is 0 Å². The Morgan fingerprint density at radius 1 is 1.22 bits per heavy atom. The van der Waals surface area contributed by atoms with Gasteiger partial charge in [0, 0.05) is 37.8 Å². The Balaban J connectivity index is 1.91. The van der Waals surface area contributed by atoms with E-state index in [2.05, 4.69) is 0 Å². The normalized spacial score (nSPS) is 24.3. The Kier molecular flexibility index (Phi) is 6.64. The van der Waals surface area contributed by atoms with Gasteiger partial charge in [-0.05, 0) is 6.42 Å². The molecule has 0 aromatic carbocycles. The number of halogens is 2. The van der Waals surface area contributed by atoms with E-state index in [1.54, 1.807) is 26.5 Å². The van der Waals surface area contributed by atoms with E-state index < -0.39 is 12.5 Å². The lowest BCUT2D eigenvalue weighted by Crippen LogP contribution is -2.56. The summed E-state index contributed by atoms with van der Waals surface area (Å²) in [6, 6.07) is -0.400. The minimum Gasteiger partial charge on any atom is -0.338 e. The molecule has 0 aromatic rings. The number of amides is 2. The van der Waals surface area contributed by atoms with Crippen LogP contribution in [-0.2, 0) is 9.59 Å². The highest BCUT2D eigenvalue weighted by molar-refractivity contribution is 7.99. The first-order chi connectivity index (χ1) is 10.9.